The third kappa shape index (κ3) is 4.63. The van der Waals surface area contributed by atoms with Gasteiger partial charge in [0.1, 0.15) is 5.60 Å². The molecule has 1 heterocycles. The molecule has 0 spiro atoms. The second kappa shape index (κ2) is 5.89. The lowest BCUT2D eigenvalue weighted by atomic mass is 10.0. The summed E-state index contributed by atoms with van der Waals surface area (Å²) in [7, 11) is 0. The van der Waals surface area contributed by atoms with E-state index in [2.05, 4.69) is 27.9 Å². The molecular formula is C15H20INO3. The van der Waals surface area contributed by atoms with Crippen molar-refractivity contribution >= 4 is 28.7 Å². The molecule has 1 aromatic carbocycles. The highest BCUT2D eigenvalue weighted by Gasteiger charge is 2.50. The maximum Gasteiger partial charge on any atom is 0.408 e. The Hall–Kier alpha value is -0.820. The standard InChI is InChI=1S/C15H20INO3/c1-14(2,3)20-13(18)17-12(15(16)10-19-15)9-11-7-5-4-6-8-11/h4-8,12H,9-10H2,1-3H3,(H,17,18)/t12-,15?/m0/s1. The fourth-order valence-corrected chi connectivity index (χ4v) is 2.41. The number of hydrogen-bond donors (Lipinski definition) is 1. The maximum absolute atomic E-state index is 11.9. The van der Waals surface area contributed by atoms with Gasteiger partial charge in [-0.25, -0.2) is 4.79 Å². The minimum Gasteiger partial charge on any atom is -0.444 e. The van der Waals surface area contributed by atoms with Gasteiger partial charge < -0.3 is 14.8 Å². The molecule has 0 bridgehead atoms. The predicted octanol–water partition coefficient (Wildman–Crippen LogP) is 3.28. The second-order valence-corrected chi connectivity index (χ2v) is 7.79. The van der Waals surface area contributed by atoms with Crippen molar-refractivity contribution in [2.24, 2.45) is 0 Å². The van der Waals surface area contributed by atoms with E-state index in [4.69, 9.17) is 9.47 Å². The molecule has 1 saturated heterocycles. The van der Waals surface area contributed by atoms with E-state index < -0.39 is 11.7 Å². The number of alkyl halides is 1. The topological polar surface area (TPSA) is 50.9 Å². The summed E-state index contributed by atoms with van der Waals surface area (Å²) in [6, 6.07) is 9.97. The van der Waals surface area contributed by atoms with Gasteiger partial charge in [-0.1, -0.05) is 30.3 Å². The van der Waals surface area contributed by atoms with E-state index in [1.165, 1.54) is 5.56 Å². The van der Waals surface area contributed by atoms with Crippen molar-refractivity contribution in [2.75, 3.05) is 6.61 Å². The van der Waals surface area contributed by atoms with E-state index >= 15 is 0 Å². The van der Waals surface area contributed by atoms with Gasteiger partial charge in [-0.3, -0.25) is 0 Å². The molecule has 1 unspecified atom stereocenters. The summed E-state index contributed by atoms with van der Waals surface area (Å²) < 4.78 is 10.5. The summed E-state index contributed by atoms with van der Waals surface area (Å²) in [6.45, 7) is 6.21. The van der Waals surface area contributed by atoms with Crippen LogP contribution in [0.1, 0.15) is 26.3 Å². The molecule has 0 radical (unpaired) electrons. The monoisotopic (exact) mass is 389 g/mol. The van der Waals surface area contributed by atoms with Crippen LogP contribution in [0.4, 0.5) is 4.79 Å². The number of halogens is 1. The van der Waals surface area contributed by atoms with Crippen molar-refractivity contribution in [1.29, 1.82) is 0 Å². The van der Waals surface area contributed by atoms with Crippen molar-refractivity contribution in [2.45, 2.75) is 42.4 Å². The van der Waals surface area contributed by atoms with Gasteiger partial charge in [-0.2, -0.15) is 0 Å². The zero-order chi connectivity index (χ0) is 14.8. The number of amides is 1. The number of carbonyl (C=O) groups is 1. The Kier molecular flexibility index (Phi) is 4.59. The molecule has 2 atom stereocenters. The molecule has 1 amide bonds. The van der Waals surface area contributed by atoms with Crippen molar-refractivity contribution in [3.8, 4) is 0 Å². The van der Waals surface area contributed by atoms with Gasteiger partial charge in [0, 0.05) is 0 Å². The molecule has 1 aliphatic heterocycles. The number of benzene rings is 1. The summed E-state index contributed by atoms with van der Waals surface area (Å²) in [5, 5.41) is 2.93. The van der Waals surface area contributed by atoms with Crippen molar-refractivity contribution < 1.29 is 14.3 Å². The van der Waals surface area contributed by atoms with Crippen LogP contribution in [-0.4, -0.2) is 28.0 Å². The van der Waals surface area contributed by atoms with E-state index in [0.717, 1.165) is 6.42 Å². The van der Waals surface area contributed by atoms with Crippen LogP contribution in [-0.2, 0) is 15.9 Å². The Morgan fingerprint density at radius 1 is 1.45 bits per heavy atom. The average Bonchev–Trinajstić information content (AvgIpc) is 3.07. The van der Waals surface area contributed by atoms with Crippen LogP contribution in [0.15, 0.2) is 30.3 Å². The van der Waals surface area contributed by atoms with E-state index in [-0.39, 0.29) is 9.65 Å². The Labute approximate surface area is 133 Å². The van der Waals surface area contributed by atoms with Gasteiger partial charge in [0.05, 0.1) is 12.6 Å². The quantitative estimate of drug-likeness (QED) is 0.489. The SMILES string of the molecule is CC(C)(C)OC(=O)N[C@@H](Cc1ccccc1)C1(I)CO1. The predicted molar refractivity (Wildman–Crippen MR) is 86.0 cm³/mol. The number of hydrogen-bond acceptors (Lipinski definition) is 3. The zero-order valence-electron chi connectivity index (χ0n) is 12.0. The number of ether oxygens (including phenoxy) is 2. The molecule has 5 heteroatoms. The zero-order valence-corrected chi connectivity index (χ0v) is 14.1. The second-order valence-electron chi connectivity index (χ2n) is 5.96. The van der Waals surface area contributed by atoms with E-state index in [1.54, 1.807) is 0 Å². The molecule has 20 heavy (non-hydrogen) atoms. The average molecular weight is 389 g/mol. The van der Waals surface area contributed by atoms with Gasteiger partial charge in [0.2, 0.25) is 0 Å². The van der Waals surface area contributed by atoms with Crippen LogP contribution >= 0.6 is 22.6 Å². The molecule has 110 valence electrons. The Morgan fingerprint density at radius 3 is 2.55 bits per heavy atom. The van der Waals surface area contributed by atoms with Crippen LogP contribution in [0.2, 0.25) is 0 Å². The van der Waals surface area contributed by atoms with E-state index in [9.17, 15) is 4.79 Å². The number of rotatable bonds is 4. The molecule has 0 saturated carbocycles. The van der Waals surface area contributed by atoms with Gasteiger partial charge in [0.25, 0.3) is 0 Å². The number of alkyl carbamates (subject to hydrolysis) is 1. The van der Waals surface area contributed by atoms with Gasteiger partial charge in [-0.05, 0) is 55.3 Å². The highest BCUT2D eigenvalue weighted by atomic mass is 127. The molecule has 1 aromatic rings. The Morgan fingerprint density at radius 2 is 2.05 bits per heavy atom. The lowest BCUT2D eigenvalue weighted by Gasteiger charge is -2.25. The molecule has 2 rings (SSSR count). The summed E-state index contributed by atoms with van der Waals surface area (Å²) in [4.78, 5) is 11.9. The molecule has 1 aliphatic rings. The smallest absolute Gasteiger partial charge is 0.408 e. The van der Waals surface area contributed by atoms with Crippen LogP contribution in [0, 0.1) is 0 Å². The normalized spacial score (nSPS) is 23.0. The largest absolute Gasteiger partial charge is 0.444 e. The van der Waals surface area contributed by atoms with Crippen LogP contribution in [0.3, 0.4) is 0 Å². The first-order valence-electron chi connectivity index (χ1n) is 6.65. The Balaban J connectivity index is 2.00. The highest BCUT2D eigenvalue weighted by molar-refractivity contribution is 14.1. The van der Waals surface area contributed by atoms with Gasteiger partial charge in [0.15, 0.2) is 3.61 Å². The first-order valence-corrected chi connectivity index (χ1v) is 7.73. The lowest BCUT2D eigenvalue weighted by molar-refractivity contribution is 0.0493. The molecular weight excluding hydrogens is 369 g/mol. The first kappa shape index (κ1) is 15.6. The number of nitrogens with one attached hydrogen (secondary N) is 1. The van der Waals surface area contributed by atoms with Gasteiger partial charge in [-0.15, -0.1) is 0 Å². The third-order valence-corrected chi connectivity index (χ3v) is 4.29. The molecule has 0 aliphatic carbocycles. The van der Waals surface area contributed by atoms with Gasteiger partial charge >= 0.3 is 6.09 Å². The number of carbonyl (C=O) groups excluding carboxylic acids is 1. The first-order chi connectivity index (χ1) is 9.28. The minimum absolute atomic E-state index is 0.0969. The molecule has 4 nitrogen and oxygen atoms in total. The molecule has 1 N–H and O–H groups in total. The van der Waals surface area contributed by atoms with Crippen molar-refractivity contribution in [3.05, 3.63) is 35.9 Å². The fourth-order valence-electron chi connectivity index (χ4n) is 1.88. The molecule has 1 fully saturated rings. The van der Waals surface area contributed by atoms with Crippen molar-refractivity contribution in [1.82, 2.24) is 5.32 Å². The van der Waals surface area contributed by atoms with E-state index in [1.807, 2.05) is 51.1 Å². The maximum atomic E-state index is 11.9. The Bertz CT molecular complexity index is 466. The van der Waals surface area contributed by atoms with Crippen LogP contribution < -0.4 is 5.32 Å². The van der Waals surface area contributed by atoms with Crippen molar-refractivity contribution in [3.63, 3.8) is 0 Å². The fraction of sp³-hybridized carbons (Fsp3) is 0.533. The third-order valence-electron chi connectivity index (χ3n) is 2.91. The number of epoxide rings is 1. The highest BCUT2D eigenvalue weighted by Crippen LogP contribution is 2.39. The summed E-state index contributed by atoms with van der Waals surface area (Å²) in [5.74, 6) is 0. The van der Waals surface area contributed by atoms with Crippen LogP contribution in [0.5, 0.6) is 0 Å². The van der Waals surface area contributed by atoms with Crippen LogP contribution in [0.25, 0.3) is 0 Å². The minimum atomic E-state index is -0.496. The lowest BCUT2D eigenvalue weighted by Crippen LogP contribution is -2.46. The summed E-state index contributed by atoms with van der Waals surface area (Å²) in [5.41, 5.74) is 0.671. The van der Waals surface area contributed by atoms with E-state index in [0.29, 0.717) is 6.61 Å². The molecule has 0 aromatic heterocycles. The summed E-state index contributed by atoms with van der Waals surface area (Å²) in [6.07, 6.45) is 0.327. The summed E-state index contributed by atoms with van der Waals surface area (Å²) >= 11 is 2.25.